The van der Waals surface area contributed by atoms with Gasteiger partial charge in [0.1, 0.15) is 19.3 Å². The van der Waals surface area contributed by atoms with E-state index in [0.717, 1.165) is 114 Å². The quantitative estimate of drug-likeness (QED) is 0.0222. The molecule has 0 heterocycles. The van der Waals surface area contributed by atoms with Gasteiger partial charge >= 0.3 is 39.5 Å². The molecule has 0 saturated carbocycles. The van der Waals surface area contributed by atoms with E-state index < -0.39 is 97.5 Å². The molecule has 95 heavy (non-hydrogen) atoms. The van der Waals surface area contributed by atoms with Gasteiger partial charge in [-0.05, 0) is 49.4 Å². The van der Waals surface area contributed by atoms with Gasteiger partial charge in [0.05, 0.1) is 26.4 Å². The summed E-state index contributed by atoms with van der Waals surface area (Å²) >= 11 is 0. The van der Waals surface area contributed by atoms with Crippen molar-refractivity contribution < 1.29 is 80.2 Å². The number of carbonyl (C=O) groups excluding carboxylic acids is 4. The van der Waals surface area contributed by atoms with E-state index in [1.807, 2.05) is 0 Å². The third kappa shape index (κ3) is 69.0. The van der Waals surface area contributed by atoms with Gasteiger partial charge in [-0.1, -0.05) is 331 Å². The minimum atomic E-state index is -4.96. The summed E-state index contributed by atoms with van der Waals surface area (Å²) in [6, 6.07) is 0. The highest BCUT2D eigenvalue weighted by Crippen LogP contribution is 2.45. The highest BCUT2D eigenvalue weighted by Gasteiger charge is 2.30. The van der Waals surface area contributed by atoms with Gasteiger partial charge < -0.3 is 33.8 Å². The van der Waals surface area contributed by atoms with E-state index in [1.54, 1.807) is 0 Å². The van der Waals surface area contributed by atoms with E-state index in [9.17, 15) is 43.2 Å². The van der Waals surface area contributed by atoms with Crippen molar-refractivity contribution in [3.63, 3.8) is 0 Å². The summed E-state index contributed by atoms with van der Waals surface area (Å²) in [5.41, 5.74) is 0. The van der Waals surface area contributed by atoms with Gasteiger partial charge in [0.15, 0.2) is 12.2 Å². The highest BCUT2D eigenvalue weighted by atomic mass is 31.2. The molecule has 0 aliphatic carbocycles. The predicted molar refractivity (Wildman–Crippen MR) is 386 cm³/mol. The van der Waals surface area contributed by atoms with E-state index >= 15 is 0 Å². The number of esters is 4. The van der Waals surface area contributed by atoms with Crippen LogP contribution < -0.4 is 0 Å². The van der Waals surface area contributed by atoms with Crippen LogP contribution in [0.1, 0.15) is 383 Å². The average molecular weight is 1400 g/mol. The van der Waals surface area contributed by atoms with Crippen LogP contribution >= 0.6 is 15.6 Å². The van der Waals surface area contributed by atoms with Crippen LogP contribution in [0.5, 0.6) is 0 Å². The number of aliphatic hydroxyl groups excluding tert-OH is 1. The first kappa shape index (κ1) is 93.1. The van der Waals surface area contributed by atoms with Crippen LogP contribution in [-0.4, -0.2) is 96.7 Å². The minimum Gasteiger partial charge on any atom is -0.462 e. The summed E-state index contributed by atoms with van der Waals surface area (Å²) in [5.74, 6) is 0.902. The Kier molecular flexibility index (Phi) is 64.0. The van der Waals surface area contributed by atoms with Gasteiger partial charge in [-0.2, -0.15) is 0 Å². The number of hydrogen-bond donors (Lipinski definition) is 3. The number of carbonyl (C=O) groups is 4. The fourth-order valence-electron chi connectivity index (χ4n) is 11.5. The maximum Gasteiger partial charge on any atom is 0.472 e. The molecule has 0 aromatic rings. The van der Waals surface area contributed by atoms with Crippen molar-refractivity contribution in [3.8, 4) is 0 Å². The number of phosphoric acid groups is 2. The minimum absolute atomic E-state index is 0.104. The molecule has 0 saturated heterocycles. The molecule has 0 radical (unpaired) electrons. The first-order valence-corrected chi connectivity index (χ1v) is 42.2. The lowest BCUT2D eigenvalue weighted by molar-refractivity contribution is -0.161. The molecule has 19 heteroatoms. The Bertz CT molecular complexity index is 1870. The molecule has 0 spiro atoms. The molecule has 564 valence electrons. The number of rotatable bonds is 73. The van der Waals surface area contributed by atoms with Gasteiger partial charge in [0.25, 0.3) is 0 Å². The number of hydrogen-bond acceptors (Lipinski definition) is 15. The summed E-state index contributed by atoms with van der Waals surface area (Å²) in [4.78, 5) is 72.7. The Morgan fingerprint density at radius 3 is 0.747 bits per heavy atom. The molecule has 3 N–H and O–H groups in total. The standard InChI is InChI=1S/C76H148O17P2/c1-9-69(8)55-47-39-30-23-20-21-24-31-40-48-56-73(78)86-62-71(93-76(81)59-51-43-33-27-26-29-37-45-53-67(4)5)64-90-94(82,83)88-60-70(77)61-89-95(84,85)91-65-72(63-87-74(79)57-49-41-35-34-38-46-54-68(6)7)92-75(80)58-50-42-32-25-19-17-15-13-11-10-12-14-16-18-22-28-36-44-52-66(2)3/h66-72,77H,9-65H2,1-8H3,(H,82,83)(H,84,85)/t69?,70?,71-,72-/m1/s1. The number of ether oxygens (including phenoxy) is 4. The molecule has 0 amide bonds. The first-order valence-electron chi connectivity index (χ1n) is 39.2. The second-order valence-electron chi connectivity index (χ2n) is 29.1. The van der Waals surface area contributed by atoms with E-state index in [1.165, 1.54) is 180 Å². The van der Waals surface area contributed by atoms with Crippen LogP contribution in [0, 0.1) is 23.7 Å². The lowest BCUT2D eigenvalue weighted by Crippen LogP contribution is -2.30. The van der Waals surface area contributed by atoms with Gasteiger partial charge in [0.2, 0.25) is 0 Å². The smallest absolute Gasteiger partial charge is 0.462 e. The van der Waals surface area contributed by atoms with Crippen LogP contribution in [0.15, 0.2) is 0 Å². The lowest BCUT2D eigenvalue weighted by Gasteiger charge is -2.21. The Morgan fingerprint density at radius 2 is 0.505 bits per heavy atom. The molecular formula is C76H148O17P2. The zero-order valence-corrected chi connectivity index (χ0v) is 64.1. The fourth-order valence-corrected chi connectivity index (χ4v) is 13.1. The van der Waals surface area contributed by atoms with E-state index in [2.05, 4.69) is 55.4 Å². The normalized spacial score (nSPS) is 14.4. The molecular weight excluding hydrogens is 1250 g/mol. The topological polar surface area (TPSA) is 237 Å². The molecule has 0 bridgehead atoms. The van der Waals surface area contributed by atoms with Crippen molar-refractivity contribution in [2.75, 3.05) is 39.6 Å². The Balaban J connectivity index is 5.16. The maximum atomic E-state index is 13.1. The molecule has 4 unspecified atom stereocenters. The summed E-state index contributed by atoms with van der Waals surface area (Å²) in [7, 11) is -9.91. The van der Waals surface area contributed by atoms with Crippen LogP contribution in [0.4, 0.5) is 0 Å². The van der Waals surface area contributed by atoms with Crippen molar-refractivity contribution in [3.05, 3.63) is 0 Å². The third-order valence-electron chi connectivity index (χ3n) is 17.9. The monoisotopic (exact) mass is 1400 g/mol. The molecule has 0 aromatic heterocycles. The molecule has 0 aliphatic rings. The zero-order valence-electron chi connectivity index (χ0n) is 62.3. The third-order valence-corrected chi connectivity index (χ3v) is 19.8. The average Bonchev–Trinajstić information content (AvgIpc) is 1.59. The SMILES string of the molecule is CCC(C)CCCCCCCCCCCCC(=O)OC[C@H](COP(=O)(O)OCC(O)COP(=O)(O)OC[C@@H](COC(=O)CCCCCCCCC(C)C)OC(=O)CCCCCCCCCCCCCCCCCCCCC(C)C)OC(=O)CCCCCCCCCCC(C)C. The van der Waals surface area contributed by atoms with Crippen molar-refractivity contribution in [2.24, 2.45) is 23.7 Å². The molecule has 0 rings (SSSR count). The summed E-state index contributed by atoms with van der Waals surface area (Å²) in [5, 5.41) is 10.6. The molecule has 17 nitrogen and oxygen atoms in total. The van der Waals surface area contributed by atoms with Crippen LogP contribution in [0.2, 0.25) is 0 Å². The second kappa shape index (κ2) is 65.4. The molecule has 0 fully saturated rings. The summed E-state index contributed by atoms with van der Waals surface area (Å²) < 4.78 is 68.4. The van der Waals surface area contributed by atoms with Gasteiger partial charge in [-0.15, -0.1) is 0 Å². The van der Waals surface area contributed by atoms with Crippen LogP contribution in [0.25, 0.3) is 0 Å². The van der Waals surface area contributed by atoms with Crippen molar-refractivity contribution in [1.29, 1.82) is 0 Å². The van der Waals surface area contributed by atoms with Gasteiger partial charge in [-0.3, -0.25) is 37.3 Å². The number of aliphatic hydroxyl groups is 1. The fraction of sp³-hybridized carbons (Fsp3) is 0.947. The van der Waals surface area contributed by atoms with Crippen molar-refractivity contribution >= 4 is 39.5 Å². The summed E-state index contributed by atoms with van der Waals surface area (Å²) in [6.45, 7) is 14.1. The maximum absolute atomic E-state index is 13.1. The van der Waals surface area contributed by atoms with Crippen molar-refractivity contribution in [1.82, 2.24) is 0 Å². The Hall–Kier alpha value is -1.94. The number of phosphoric ester groups is 2. The highest BCUT2D eigenvalue weighted by molar-refractivity contribution is 7.47. The predicted octanol–water partition coefficient (Wildman–Crippen LogP) is 22.0. The lowest BCUT2D eigenvalue weighted by atomic mass is 9.99. The van der Waals surface area contributed by atoms with E-state index in [4.69, 9.17) is 37.0 Å². The second-order valence-corrected chi connectivity index (χ2v) is 32.0. The van der Waals surface area contributed by atoms with E-state index in [-0.39, 0.29) is 25.7 Å². The molecule has 6 atom stereocenters. The van der Waals surface area contributed by atoms with E-state index in [0.29, 0.717) is 31.6 Å². The molecule has 0 aliphatic heterocycles. The molecule has 0 aromatic carbocycles. The Morgan fingerprint density at radius 1 is 0.295 bits per heavy atom. The number of unbranched alkanes of at least 4 members (excludes halogenated alkanes) is 38. The largest absolute Gasteiger partial charge is 0.472 e. The Labute approximate surface area is 581 Å². The first-order chi connectivity index (χ1) is 45.6. The van der Waals surface area contributed by atoms with Gasteiger partial charge in [-0.25, -0.2) is 9.13 Å². The van der Waals surface area contributed by atoms with Crippen LogP contribution in [-0.2, 0) is 65.4 Å². The zero-order chi connectivity index (χ0) is 70.3. The van der Waals surface area contributed by atoms with Crippen molar-refractivity contribution in [2.45, 2.75) is 401 Å². The summed E-state index contributed by atoms with van der Waals surface area (Å²) in [6.07, 6.45) is 50.2. The van der Waals surface area contributed by atoms with Gasteiger partial charge in [0, 0.05) is 25.7 Å². The van der Waals surface area contributed by atoms with Crippen LogP contribution in [0.3, 0.4) is 0 Å².